The van der Waals surface area contributed by atoms with E-state index in [-0.39, 0.29) is 0 Å². The second-order valence-electron chi connectivity index (χ2n) is 5.34. The number of fused-ring (bicyclic) bond motifs is 1. The summed E-state index contributed by atoms with van der Waals surface area (Å²) in [6, 6.07) is 17.1. The molecule has 0 aliphatic rings. The lowest BCUT2D eigenvalue weighted by molar-refractivity contribution is 0.801. The van der Waals surface area contributed by atoms with Gasteiger partial charge < -0.3 is 10.3 Å². The summed E-state index contributed by atoms with van der Waals surface area (Å²) in [7, 11) is 0. The van der Waals surface area contributed by atoms with Crippen LogP contribution in [0.25, 0.3) is 10.9 Å². The fraction of sp³-hybridized carbons (Fsp3) is 0.222. The van der Waals surface area contributed by atoms with E-state index in [0.717, 1.165) is 6.54 Å². The van der Waals surface area contributed by atoms with Crippen LogP contribution < -0.4 is 5.73 Å². The third-order valence-corrected chi connectivity index (χ3v) is 4.12. The van der Waals surface area contributed by atoms with Crippen molar-refractivity contribution < 1.29 is 0 Å². The van der Waals surface area contributed by atoms with E-state index in [2.05, 4.69) is 66.9 Å². The quantitative estimate of drug-likeness (QED) is 0.767. The van der Waals surface area contributed by atoms with Crippen molar-refractivity contribution in [3.05, 3.63) is 70.9 Å². The molecule has 0 fully saturated rings. The first-order valence-electron chi connectivity index (χ1n) is 7.03. The number of hydrogen-bond acceptors (Lipinski definition) is 1. The van der Waals surface area contributed by atoms with Crippen molar-refractivity contribution in [3.63, 3.8) is 0 Å². The Kier molecular flexibility index (Phi) is 3.33. The van der Waals surface area contributed by atoms with Crippen molar-refractivity contribution in [2.45, 2.75) is 26.9 Å². The predicted octanol–water partition coefficient (Wildman–Crippen LogP) is 3.77. The van der Waals surface area contributed by atoms with Crippen molar-refractivity contribution in [1.82, 2.24) is 4.57 Å². The fourth-order valence-corrected chi connectivity index (χ4v) is 2.79. The van der Waals surface area contributed by atoms with Gasteiger partial charge in [0, 0.05) is 29.7 Å². The summed E-state index contributed by atoms with van der Waals surface area (Å²) in [5.74, 6) is 0. The molecule has 0 saturated carbocycles. The van der Waals surface area contributed by atoms with Gasteiger partial charge in [-0.25, -0.2) is 0 Å². The summed E-state index contributed by atoms with van der Waals surface area (Å²) in [5.41, 5.74) is 12.3. The first kappa shape index (κ1) is 12.9. The van der Waals surface area contributed by atoms with E-state index in [1.807, 2.05) is 0 Å². The van der Waals surface area contributed by atoms with Crippen LogP contribution in [0.15, 0.2) is 48.5 Å². The molecule has 3 aromatic rings. The number of aryl methyl sites for hydroxylation is 1. The van der Waals surface area contributed by atoms with Gasteiger partial charge in [0.1, 0.15) is 0 Å². The molecule has 2 heteroatoms. The molecule has 0 unspecified atom stereocenters. The van der Waals surface area contributed by atoms with Gasteiger partial charge >= 0.3 is 0 Å². The lowest BCUT2D eigenvalue weighted by Gasteiger charge is -2.09. The van der Waals surface area contributed by atoms with Gasteiger partial charge in [-0.15, -0.1) is 0 Å². The smallest absolute Gasteiger partial charge is 0.0488 e. The largest absolute Gasteiger partial charge is 0.340 e. The molecule has 1 heterocycles. The molecule has 1 aromatic heterocycles. The fourth-order valence-electron chi connectivity index (χ4n) is 2.79. The number of nitrogens with zero attached hydrogens (tertiary/aromatic N) is 1. The Hall–Kier alpha value is -2.06. The molecule has 0 aliphatic carbocycles. The molecule has 0 bridgehead atoms. The van der Waals surface area contributed by atoms with E-state index in [9.17, 15) is 0 Å². The number of benzene rings is 2. The van der Waals surface area contributed by atoms with Crippen LogP contribution in [-0.4, -0.2) is 4.57 Å². The predicted molar refractivity (Wildman–Crippen MR) is 84.8 cm³/mol. The molecule has 0 atom stereocenters. The molecule has 2 aromatic carbocycles. The molecule has 20 heavy (non-hydrogen) atoms. The number of hydrogen-bond donors (Lipinski definition) is 1. The zero-order valence-electron chi connectivity index (χ0n) is 12.1. The SMILES string of the molecule is Cc1c(C)n(Cc2ccccc2)c2ccc(CN)cc12. The Morgan fingerprint density at radius 1 is 0.950 bits per heavy atom. The number of nitrogens with two attached hydrogens (primary N) is 1. The minimum absolute atomic E-state index is 0.596. The van der Waals surface area contributed by atoms with Crippen molar-refractivity contribution in [3.8, 4) is 0 Å². The van der Waals surface area contributed by atoms with Crippen LogP contribution in [-0.2, 0) is 13.1 Å². The summed E-state index contributed by atoms with van der Waals surface area (Å²) in [4.78, 5) is 0. The zero-order chi connectivity index (χ0) is 14.1. The van der Waals surface area contributed by atoms with E-state index in [1.165, 1.54) is 33.3 Å². The van der Waals surface area contributed by atoms with E-state index >= 15 is 0 Å². The molecule has 0 radical (unpaired) electrons. The van der Waals surface area contributed by atoms with Crippen LogP contribution in [0.3, 0.4) is 0 Å². The zero-order valence-corrected chi connectivity index (χ0v) is 12.1. The Balaban J connectivity index is 2.13. The highest BCUT2D eigenvalue weighted by Crippen LogP contribution is 2.27. The Morgan fingerprint density at radius 2 is 1.70 bits per heavy atom. The summed E-state index contributed by atoms with van der Waals surface area (Å²) < 4.78 is 2.39. The highest BCUT2D eigenvalue weighted by Gasteiger charge is 2.11. The van der Waals surface area contributed by atoms with Crippen molar-refractivity contribution >= 4 is 10.9 Å². The topological polar surface area (TPSA) is 30.9 Å². The summed E-state index contributed by atoms with van der Waals surface area (Å²) in [6.07, 6.45) is 0. The number of rotatable bonds is 3. The van der Waals surface area contributed by atoms with Crippen molar-refractivity contribution in [2.24, 2.45) is 5.73 Å². The minimum atomic E-state index is 0.596. The normalized spacial score (nSPS) is 11.2. The first-order chi connectivity index (χ1) is 9.70. The third-order valence-electron chi connectivity index (χ3n) is 4.12. The molecule has 2 nitrogen and oxygen atoms in total. The highest BCUT2D eigenvalue weighted by molar-refractivity contribution is 5.86. The van der Waals surface area contributed by atoms with Gasteiger partial charge in [-0.2, -0.15) is 0 Å². The van der Waals surface area contributed by atoms with Crippen LogP contribution in [0.4, 0.5) is 0 Å². The molecule has 0 saturated heterocycles. The minimum Gasteiger partial charge on any atom is -0.340 e. The molecule has 0 aliphatic heterocycles. The van der Waals surface area contributed by atoms with Gasteiger partial charge in [0.2, 0.25) is 0 Å². The molecule has 2 N–H and O–H groups in total. The second-order valence-corrected chi connectivity index (χ2v) is 5.34. The molecular formula is C18H20N2. The van der Waals surface area contributed by atoms with E-state index < -0.39 is 0 Å². The summed E-state index contributed by atoms with van der Waals surface area (Å²) in [6.45, 7) is 5.90. The maximum atomic E-state index is 5.75. The standard InChI is InChI=1S/C18H20N2/c1-13-14(2)20(12-15-6-4-3-5-7-15)18-9-8-16(11-19)10-17(13)18/h3-10H,11-12,19H2,1-2H3. The van der Waals surface area contributed by atoms with Crippen molar-refractivity contribution in [2.75, 3.05) is 0 Å². The maximum absolute atomic E-state index is 5.75. The lowest BCUT2D eigenvalue weighted by atomic mass is 10.1. The van der Waals surface area contributed by atoms with Gasteiger partial charge in [-0.1, -0.05) is 36.4 Å². The van der Waals surface area contributed by atoms with Gasteiger partial charge in [0.15, 0.2) is 0 Å². The van der Waals surface area contributed by atoms with E-state index in [4.69, 9.17) is 5.73 Å². The summed E-state index contributed by atoms with van der Waals surface area (Å²) >= 11 is 0. The second kappa shape index (κ2) is 5.14. The van der Waals surface area contributed by atoms with E-state index in [1.54, 1.807) is 0 Å². The highest BCUT2D eigenvalue weighted by atomic mass is 15.0. The molecule has 3 rings (SSSR count). The van der Waals surface area contributed by atoms with Crippen LogP contribution >= 0.6 is 0 Å². The maximum Gasteiger partial charge on any atom is 0.0488 e. The van der Waals surface area contributed by atoms with Crippen LogP contribution in [0, 0.1) is 13.8 Å². The van der Waals surface area contributed by atoms with E-state index in [0.29, 0.717) is 6.54 Å². The molecule has 0 spiro atoms. The van der Waals surface area contributed by atoms with Gasteiger partial charge in [0.25, 0.3) is 0 Å². The monoisotopic (exact) mass is 264 g/mol. The first-order valence-corrected chi connectivity index (χ1v) is 7.03. The van der Waals surface area contributed by atoms with Gasteiger partial charge in [-0.3, -0.25) is 0 Å². The molecule has 102 valence electrons. The Bertz CT molecular complexity index is 739. The Labute approximate surface area is 119 Å². The van der Waals surface area contributed by atoms with Crippen LogP contribution in [0.2, 0.25) is 0 Å². The molecule has 0 amide bonds. The Morgan fingerprint density at radius 3 is 2.40 bits per heavy atom. The molecular weight excluding hydrogens is 244 g/mol. The average molecular weight is 264 g/mol. The van der Waals surface area contributed by atoms with Crippen LogP contribution in [0.5, 0.6) is 0 Å². The average Bonchev–Trinajstić information content (AvgIpc) is 2.73. The third kappa shape index (κ3) is 2.12. The van der Waals surface area contributed by atoms with Crippen LogP contribution in [0.1, 0.15) is 22.4 Å². The van der Waals surface area contributed by atoms with Gasteiger partial charge in [-0.05, 0) is 42.7 Å². The summed E-state index contributed by atoms with van der Waals surface area (Å²) in [5, 5.41) is 1.32. The lowest BCUT2D eigenvalue weighted by Crippen LogP contribution is -2.02. The van der Waals surface area contributed by atoms with Crippen molar-refractivity contribution in [1.29, 1.82) is 0 Å². The number of aromatic nitrogens is 1. The van der Waals surface area contributed by atoms with Gasteiger partial charge in [0.05, 0.1) is 0 Å².